The van der Waals surface area contributed by atoms with Gasteiger partial charge in [0.05, 0.1) is 18.2 Å². The first-order chi connectivity index (χ1) is 14.3. The number of esters is 2. The van der Waals surface area contributed by atoms with E-state index >= 15 is 0 Å². The number of carbonyl (C=O) groups is 2. The van der Waals surface area contributed by atoms with Crippen molar-refractivity contribution < 1.29 is 34.0 Å². The highest BCUT2D eigenvalue weighted by Gasteiger charge is 2.54. The maximum atomic E-state index is 12.9. The molecule has 2 heterocycles. The molecule has 0 aliphatic carbocycles. The molecular formula is C23H16O7. The molecule has 7 heteroatoms. The van der Waals surface area contributed by atoms with E-state index < -0.39 is 17.5 Å². The van der Waals surface area contributed by atoms with Gasteiger partial charge in [0.15, 0.2) is 5.60 Å². The van der Waals surface area contributed by atoms with Gasteiger partial charge in [-0.15, -0.1) is 0 Å². The maximum absolute atomic E-state index is 12.9. The molecule has 0 bridgehead atoms. The quantitative estimate of drug-likeness (QED) is 0.596. The molecule has 2 N–H and O–H groups in total. The Morgan fingerprint density at radius 3 is 2.10 bits per heavy atom. The minimum Gasteiger partial charge on any atom is -0.508 e. The molecule has 0 fully saturated rings. The van der Waals surface area contributed by atoms with E-state index in [0.717, 1.165) is 0 Å². The van der Waals surface area contributed by atoms with Crippen molar-refractivity contribution in [2.45, 2.75) is 12.5 Å². The lowest BCUT2D eigenvalue weighted by Crippen LogP contribution is -2.33. The average Bonchev–Trinajstić information content (AvgIpc) is 2.98. The van der Waals surface area contributed by atoms with Crippen molar-refractivity contribution in [1.82, 2.24) is 0 Å². The van der Waals surface area contributed by atoms with Gasteiger partial charge >= 0.3 is 11.9 Å². The zero-order valence-corrected chi connectivity index (χ0v) is 16.1. The summed E-state index contributed by atoms with van der Waals surface area (Å²) in [6.07, 6.45) is 0. The number of phenolic OH excluding ortho intramolecular Hbond substituents is 2. The first-order valence-electron chi connectivity index (χ1n) is 9.17. The summed E-state index contributed by atoms with van der Waals surface area (Å²) < 4.78 is 16.8. The fourth-order valence-electron chi connectivity index (χ4n) is 4.18. The fourth-order valence-corrected chi connectivity index (χ4v) is 4.18. The molecule has 0 amide bonds. The number of aryl methyl sites for hydroxylation is 1. The van der Waals surface area contributed by atoms with E-state index in [9.17, 15) is 19.8 Å². The molecule has 3 aromatic carbocycles. The highest BCUT2D eigenvalue weighted by molar-refractivity contribution is 6.00. The van der Waals surface area contributed by atoms with Crippen LogP contribution in [0.2, 0.25) is 0 Å². The number of hydrogen-bond acceptors (Lipinski definition) is 7. The SMILES string of the molecule is COC(=O)c1cc2c(cc1C)C(=O)OC21c2ccc(O)cc2Oc2cc(O)ccc21. The molecule has 0 saturated heterocycles. The zero-order chi connectivity index (χ0) is 21.2. The molecule has 3 aromatic rings. The Morgan fingerprint density at radius 1 is 0.933 bits per heavy atom. The molecule has 0 aromatic heterocycles. The second kappa shape index (κ2) is 6.00. The summed E-state index contributed by atoms with van der Waals surface area (Å²) in [4.78, 5) is 25.2. The van der Waals surface area contributed by atoms with Crippen LogP contribution < -0.4 is 4.74 Å². The number of aromatic hydroxyl groups is 2. The summed E-state index contributed by atoms with van der Waals surface area (Å²) >= 11 is 0. The van der Waals surface area contributed by atoms with E-state index in [-0.39, 0.29) is 23.0 Å². The summed E-state index contributed by atoms with van der Waals surface area (Å²) in [6, 6.07) is 12.2. The van der Waals surface area contributed by atoms with E-state index in [1.807, 2.05) is 0 Å². The number of benzene rings is 3. The van der Waals surface area contributed by atoms with Crippen LogP contribution in [0, 0.1) is 6.92 Å². The van der Waals surface area contributed by atoms with Gasteiger partial charge in [0.1, 0.15) is 23.0 Å². The van der Waals surface area contributed by atoms with Crippen LogP contribution in [0.4, 0.5) is 0 Å². The fraction of sp³-hybridized carbons (Fsp3) is 0.130. The normalized spacial score (nSPS) is 14.9. The molecule has 0 saturated carbocycles. The molecular weight excluding hydrogens is 388 g/mol. The molecule has 150 valence electrons. The lowest BCUT2D eigenvalue weighted by atomic mass is 9.77. The Hall–Kier alpha value is -4.00. The predicted octanol–water partition coefficient (Wildman–Crippen LogP) is 3.76. The third-order valence-electron chi connectivity index (χ3n) is 5.52. The number of rotatable bonds is 1. The summed E-state index contributed by atoms with van der Waals surface area (Å²) in [5.41, 5.74) is 1.24. The Bertz CT molecular complexity index is 1210. The molecule has 30 heavy (non-hydrogen) atoms. The summed E-state index contributed by atoms with van der Waals surface area (Å²) in [5, 5.41) is 19.9. The van der Waals surface area contributed by atoms with Gasteiger partial charge < -0.3 is 24.4 Å². The second-order valence-electron chi connectivity index (χ2n) is 7.24. The average molecular weight is 404 g/mol. The van der Waals surface area contributed by atoms with Crippen molar-refractivity contribution in [3.63, 3.8) is 0 Å². The molecule has 2 aliphatic heterocycles. The highest BCUT2D eigenvalue weighted by atomic mass is 16.6. The highest BCUT2D eigenvalue weighted by Crippen LogP contribution is 2.57. The van der Waals surface area contributed by atoms with Gasteiger partial charge in [-0.1, -0.05) is 0 Å². The van der Waals surface area contributed by atoms with Gasteiger partial charge in [-0.3, -0.25) is 0 Å². The summed E-state index contributed by atoms with van der Waals surface area (Å²) in [7, 11) is 1.29. The van der Waals surface area contributed by atoms with Crippen LogP contribution in [0.1, 0.15) is 43.0 Å². The van der Waals surface area contributed by atoms with E-state index in [4.69, 9.17) is 14.2 Å². The monoisotopic (exact) mass is 404 g/mol. The van der Waals surface area contributed by atoms with Crippen molar-refractivity contribution >= 4 is 11.9 Å². The van der Waals surface area contributed by atoms with Crippen molar-refractivity contribution in [3.8, 4) is 23.0 Å². The predicted molar refractivity (Wildman–Crippen MR) is 104 cm³/mol. The maximum Gasteiger partial charge on any atom is 0.340 e. The molecule has 0 atom stereocenters. The summed E-state index contributed by atoms with van der Waals surface area (Å²) in [6.45, 7) is 1.72. The largest absolute Gasteiger partial charge is 0.508 e. The molecule has 5 rings (SSSR count). The number of carbonyl (C=O) groups excluding carboxylic acids is 2. The van der Waals surface area contributed by atoms with Gasteiger partial charge in [0.25, 0.3) is 0 Å². The van der Waals surface area contributed by atoms with Crippen LogP contribution >= 0.6 is 0 Å². The third kappa shape index (κ3) is 2.26. The van der Waals surface area contributed by atoms with E-state index in [0.29, 0.717) is 33.4 Å². The summed E-state index contributed by atoms with van der Waals surface area (Å²) in [5.74, 6) is -0.603. The van der Waals surface area contributed by atoms with Gasteiger partial charge in [-0.2, -0.15) is 0 Å². The minimum atomic E-state index is -1.41. The Morgan fingerprint density at radius 2 is 1.53 bits per heavy atom. The van der Waals surface area contributed by atoms with Crippen LogP contribution in [0.5, 0.6) is 23.0 Å². The van der Waals surface area contributed by atoms with Gasteiger partial charge in [-0.25, -0.2) is 9.59 Å². The van der Waals surface area contributed by atoms with Crippen LogP contribution in [0.15, 0.2) is 48.5 Å². The Balaban J connectivity index is 1.89. The Kier molecular flexibility index (Phi) is 3.61. The molecule has 1 spiro atoms. The first-order valence-corrected chi connectivity index (χ1v) is 9.17. The van der Waals surface area contributed by atoms with Gasteiger partial charge in [0, 0.05) is 28.8 Å². The van der Waals surface area contributed by atoms with Gasteiger partial charge in [-0.05, 0) is 48.9 Å². The molecule has 0 radical (unpaired) electrons. The molecule has 2 aliphatic rings. The van der Waals surface area contributed by atoms with Crippen LogP contribution in [0.3, 0.4) is 0 Å². The standard InChI is InChI=1S/C23H16O7/c1-11-7-15-18(10-14(11)21(26)28-2)23(30-22(15)27)16-5-3-12(24)8-19(16)29-20-9-13(25)4-6-17(20)23/h3-10,24-25H,1-2H3. The van der Waals surface area contributed by atoms with Crippen LogP contribution in [-0.2, 0) is 15.1 Å². The number of hydrogen-bond donors (Lipinski definition) is 2. The van der Waals surface area contributed by atoms with Crippen molar-refractivity contribution in [2.24, 2.45) is 0 Å². The lowest BCUT2D eigenvalue weighted by Gasteiger charge is -2.36. The zero-order valence-electron chi connectivity index (χ0n) is 16.1. The second-order valence-corrected chi connectivity index (χ2v) is 7.24. The van der Waals surface area contributed by atoms with E-state index in [1.165, 1.54) is 31.4 Å². The van der Waals surface area contributed by atoms with E-state index in [1.54, 1.807) is 31.2 Å². The lowest BCUT2D eigenvalue weighted by molar-refractivity contribution is 0.0224. The molecule has 0 unspecified atom stereocenters. The molecule has 7 nitrogen and oxygen atoms in total. The minimum absolute atomic E-state index is 0.0313. The van der Waals surface area contributed by atoms with Crippen LogP contribution in [-0.4, -0.2) is 29.3 Å². The third-order valence-corrected chi connectivity index (χ3v) is 5.52. The smallest absolute Gasteiger partial charge is 0.340 e. The topological polar surface area (TPSA) is 102 Å². The van der Waals surface area contributed by atoms with Gasteiger partial charge in [0.2, 0.25) is 0 Å². The van der Waals surface area contributed by atoms with Crippen LogP contribution in [0.25, 0.3) is 0 Å². The number of phenols is 2. The van der Waals surface area contributed by atoms with Crippen molar-refractivity contribution in [3.05, 3.63) is 81.9 Å². The number of methoxy groups -OCH3 is 1. The Labute approximate surface area is 171 Å². The number of ether oxygens (including phenoxy) is 3. The first kappa shape index (κ1) is 18.1. The van der Waals surface area contributed by atoms with Crippen molar-refractivity contribution in [2.75, 3.05) is 7.11 Å². The number of fused-ring (bicyclic) bond motifs is 6. The van der Waals surface area contributed by atoms with E-state index in [2.05, 4.69) is 0 Å². The van der Waals surface area contributed by atoms with Crippen molar-refractivity contribution in [1.29, 1.82) is 0 Å².